The van der Waals surface area contributed by atoms with Crippen LogP contribution in [0.15, 0.2) is 54.6 Å². The van der Waals surface area contributed by atoms with Crippen LogP contribution >= 0.6 is 0 Å². The van der Waals surface area contributed by atoms with E-state index in [0.717, 1.165) is 6.42 Å². The summed E-state index contributed by atoms with van der Waals surface area (Å²) < 4.78 is 0. The molecule has 0 amide bonds. The van der Waals surface area contributed by atoms with Gasteiger partial charge < -0.3 is 0 Å². The summed E-state index contributed by atoms with van der Waals surface area (Å²) in [5.41, 5.74) is 4.40. The summed E-state index contributed by atoms with van der Waals surface area (Å²) in [4.78, 5) is 2.70. The van der Waals surface area contributed by atoms with Crippen LogP contribution in [0.1, 0.15) is 61.8 Å². The van der Waals surface area contributed by atoms with Crippen LogP contribution in [0.3, 0.4) is 0 Å². The largest absolute Gasteiger partial charge is 0.296 e. The standard InChI is InChI=1S/C22H29N/c1-18(2)20-11-13-21(14-12-20)22-10-6-7-16-23(22)17-15-19-8-4-3-5-9-19/h3-5,8-9,11-14,18,22H,6-7,10,15-17H2,1-2H3. The molecule has 1 heterocycles. The van der Waals surface area contributed by atoms with Crippen LogP contribution < -0.4 is 0 Å². The molecule has 1 aliphatic heterocycles. The summed E-state index contributed by atoms with van der Waals surface area (Å²) in [7, 11) is 0. The lowest BCUT2D eigenvalue weighted by Gasteiger charge is -2.36. The zero-order valence-electron chi connectivity index (χ0n) is 14.5. The normalized spacial score (nSPS) is 19.2. The minimum Gasteiger partial charge on any atom is -0.296 e. The zero-order valence-corrected chi connectivity index (χ0v) is 14.5. The van der Waals surface area contributed by atoms with Crippen molar-refractivity contribution in [2.75, 3.05) is 13.1 Å². The molecule has 1 aliphatic rings. The van der Waals surface area contributed by atoms with Gasteiger partial charge >= 0.3 is 0 Å². The molecule has 1 heteroatoms. The molecular weight excluding hydrogens is 278 g/mol. The van der Waals surface area contributed by atoms with Crippen molar-refractivity contribution in [1.29, 1.82) is 0 Å². The Labute approximate surface area is 141 Å². The van der Waals surface area contributed by atoms with Gasteiger partial charge in [-0.25, -0.2) is 0 Å². The number of likely N-dealkylation sites (tertiary alicyclic amines) is 1. The van der Waals surface area contributed by atoms with Gasteiger partial charge in [0.2, 0.25) is 0 Å². The van der Waals surface area contributed by atoms with Gasteiger partial charge in [-0.2, -0.15) is 0 Å². The quantitative estimate of drug-likeness (QED) is 0.697. The molecule has 0 saturated carbocycles. The van der Waals surface area contributed by atoms with E-state index in [9.17, 15) is 0 Å². The van der Waals surface area contributed by atoms with E-state index in [1.807, 2.05) is 0 Å². The first-order chi connectivity index (χ1) is 11.2. The second-order valence-electron chi connectivity index (χ2n) is 7.10. The second-order valence-corrected chi connectivity index (χ2v) is 7.10. The summed E-state index contributed by atoms with van der Waals surface area (Å²) >= 11 is 0. The Kier molecular flexibility index (Phi) is 5.51. The van der Waals surface area contributed by atoms with E-state index in [1.54, 1.807) is 0 Å². The number of nitrogens with zero attached hydrogens (tertiary/aromatic N) is 1. The van der Waals surface area contributed by atoms with Crippen LogP contribution in [-0.2, 0) is 6.42 Å². The Morgan fingerprint density at radius 3 is 2.39 bits per heavy atom. The highest BCUT2D eigenvalue weighted by molar-refractivity contribution is 5.27. The highest BCUT2D eigenvalue weighted by Crippen LogP contribution is 2.31. The maximum atomic E-state index is 2.70. The summed E-state index contributed by atoms with van der Waals surface area (Å²) in [6.45, 7) is 6.94. The predicted molar refractivity (Wildman–Crippen MR) is 98.8 cm³/mol. The number of piperidine rings is 1. The Hall–Kier alpha value is -1.60. The van der Waals surface area contributed by atoms with Crippen LogP contribution in [0.25, 0.3) is 0 Å². The molecule has 0 N–H and O–H groups in total. The van der Waals surface area contributed by atoms with Crippen LogP contribution in [-0.4, -0.2) is 18.0 Å². The van der Waals surface area contributed by atoms with Crippen LogP contribution in [0.4, 0.5) is 0 Å². The van der Waals surface area contributed by atoms with Gasteiger partial charge in [0.05, 0.1) is 0 Å². The highest BCUT2D eigenvalue weighted by Gasteiger charge is 2.23. The monoisotopic (exact) mass is 307 g/mol. The molecule has 0 radical (unpaired) electrons. The van der Waals surface area contributed by atoms with Crippen LogP contribution in [0.2, 0.25) is 0 Å². The zero-order chi connectivity index (χ0) is 16.1. The molecule has 1 fully saturated rings. The lowest BCUT2D eigenvalue weighted by atomic mass is 9.92. The van der Waals surface area contributed by atoms with Crippen molar-refractivity contribution in [2.24, 2.45) is 0 Å². The molecule has 2 aromatic carbocycles. The fraction of sp³-hybridized carbons (Fsp3) is 0.455. The third-order valence-corrected chi connectivity index (χ3v) is 5.13. The van der Waals surface area contributed by atoms with E-state index in [2.05, 4.69) is 73.3 Å². The average Bonchev–Trinajstić information content (AvgIpc) is 2.61. The fourth-order valence-corrected chi connectivity index (χ4v) is 3.66. The van der Waals surface area contributed by atoms with E-state index in [4.69, 9.17) is 0 Å². The highest BCUT2D eigenvalue weighted by atomic mass is 15.2. The first-order valence-electron chi connectivity index (χ1n) is 9.12. The maximum absolute atomic E-state index is 2.70. The first kappa shape index (κ1) is 16.3. The molecule has 2 aromatic rings. The van der Waals surface area contributed by atoms with Gasteiger partial charge in [0.15, 0.2) is 0 Å². The minimum absolute atomic E-state index is 0.605. The van der Waals surface area contributed by atoms with Gasteiger partial charge in [0, 0.05) is 12.6 Å². The van der Waals surface area contributed by atoms with Gasteiger partial charge in [-0.1, -0.05) is 74.9 Å². The summed E-state index contributed by atoms with van der Waals surface area (Å²) in [6.07, 6.45) is 5.16. The van der Waals surface area contributed by atoms with Crippen molar-refractivity contribution >= 4 is 0 Å². The molecule has 0 aromatic heterocycles. The smallest absolute Gasteiger partial charge is 0.0348 e. The molecule has 0 bridgehead atoms. The molecule has 122 valence electrons. The van der Waals surface area contributed by atoms with E-state index in [-0.39, 0.29) is 0 Å². The van der Waals surface area contributed by atoms with Gasteiger partial charge in [-0.15, -0.1) is 0 Å². The maximum Gasteiger partial charge on any atom is 0.0348 e. The molecule has 3 rings (SSSR count). The Balaban J connectivity index is 1.68. The molecule has 1 atom stereocenters. The summed E-state index contributed by atoms with van der Waals surface area (Å²) in [5.74, 6) is 0.615. The van der Waals surface area contributed by atoms with Gasteiger partial charge in [-0.3, -0.25) is 4.90 Å². The van der Waals surface area contributed by atoms with Crippen LogP contribution in [0, 0.1) is 0 Å². The predicted octanol–water partition coefficient (Wildman–Crippen LogP) is 5.58. The van der Waals surface area contributed by atoms with E-state index in [0.29, 0.717) is 12.0 Å². The van der Waals surface area contributed by atoms with Crippen molar-refractivity contribution in [3.8, 4) is 0 Å². The van der Waals surface area contributed by atoms with E-state index >= 15 is 0 Å². The topological polar surface area (TPSA) is 3.24 Å². The fourth-order valence-electron chi connectivity index (χ4n) is 3.66. The molecule has 0 aliphatic carbocycles. The summed E-state index contributed by atoms with van der Waals surface area (Å²) in [5, 5.41) is 0. The lowest BCUT2D eigenvalue weighted by molar-refractivity contribution is 0.150. The van der Waals surface area contributed by atoms with Crippen molar-refractivity contribution in [3.63, 3.8) is 0 Å². The SMILES string of the molecule is CC(C)c1ccc(C2CCCCN2CCc2ccccc2)cc1. The van der Waals surface area contributed by atoms with E-state index in [1.165, 1.54) is 49.0 Å². The molecular formula is C22H29N. The summed E-state index contributed by atoms with van der Waals surface area (Å²) in [6, 6.07) is 20.9. The van der Waals surface area contributed by atoms with Crippen molar-refractivity contribution in [1.82, 2.24) is 4.90 Å². The lowest BCUT2D eigenvalue weighted by Crippen LogP contribution is -2.35. The first-order valence-corrected chi connectivity index (χ1v) is 9.12. The minimum atomic E-state index is 0.605. The number of benzene rings is 2. The molecule has 1 saturated heterocycles. The number of hydrogen-bond donors (Lipinski definition) is 0. The van der Waals surface area contributed by atoms with Gasteiger partial charge in [-0.05, 0) is 48.4 Å². The Bertz CT molecular complexity index is 585. The molecule has 1 unspecified atom stereocenters. The number of hydrogen-bond acceptors (Lipinski definition) is 1. The van der Waals surface area contributed by atoms with Crippen molar-refractivity contribution in [3.05, 3.63) is 71.3 Å². The third-order valence-electron chi connectivity index (χ3n) is 5.13. The van der Waals surface area contributed by atoms with Crippen LogP contribution in [0.5, 0.6) is 0 Å². The number of rotatable bonds is 5. The van der Waals surface area contributed by atoms with Gasteiger partial charge in [0.25, 0.3) is 0 Å². The van der Waals surface area contributed by atoms with E-state index < -0.39 is 0 Å². The molecule has 1 nitrogen and oxygen atoms in total. The Morgan fingerprint density at radius 1 is 0.957 bits per heavy atom. The second kappa shape index (κ2) is 7.79. The Morgan fingerprint density at radius 2 is 1.70 bits per heavy atom. The van der Waals surface area contributed by atoms with Crippen molar-refractivity contribution in [2.45, 2.75) is 51.5 Å². The van der Waals surface area contributed by atoms with Crippen molar-refractivity contribution < 1.29 is 0 Å². The third kappa shape index (κ3) is 4.23. The van der Waals surface area contributed by atoms with Gasteiger partial charge in [0.1, 0.15) is 0 Å². The molecule has 0 spiro atoms. The molecule has 23 heavy (non-hydrogen) atoms. The average molecular weight is 307 g/mol.